The highest BCUT2D eigenvalue weighted by molar-refractivity contribution is 5.92. The summed E-state index contributed by atoms with van der Waals surface area (Å²) in [5, 5.41) is 20.2. The van der Waals surface area contributed by atoms with Crippen LogP contribution in [0.25, 0.3) is 11.0 Å². The highest BCUT2D eigenvalue weighted by Gasteiger charge is 2.26. The number of hydrazine groups is 1. The molecule has 0 saturated carbocycles. The lowest BCUT2D eigenvalue weighted by atomic mass is 9.90. The lowest BCUT2D eigenvalue weighted by Crippen LogP contribution is -2.44. The number of rotatable bonds is 11. The van der Waals surface area contributed by atoms with Crippen LogP contribution in [0.4, 0.5) is 4.39 Å². The molecule has 44 heavy (non-hydrogen) atoms. The molecule has 228 valence electrons. The van der Waals surface area contributed by atoms with Crippen LogP contribution in [0.1, 0.15) is 58.6 Å². The zero-order chi connectivity index (χ0) is 31.2. The van der Waals surface area contributed by atoms with Crippen molar-refractivity contribution < 1.29 is 24.8 Å². The predicted molar refractivity (Wildman–Crippen MR) is 161 cm³/mol. The number of pyridine rings is 1. The van der Waals surface area contributed by atoms with Gasteiger partial charge in [-0.1, -0.05) is 12.1 Å². The molecule has 1 aliphatic heterocycles. The molecule has 0 radical (unpaired) electrons. The van der Waals surface area contributed by atoms with Crippen LogP contribution in [-0.4, -0.2) is 55.2 Å². The van der Waals surface area contributed by atoms with E-state index in [1.807, 2.05) is 29.7 Å². The zero-order valence-electron chi connectivity index (χ0n) is 24.6. The van der Waals surface area contributed by atoms with Crippen molar-refractivity contribution in [2.75, 3.05) is 19.6 Å². The Morgan fingerprint density at radius 3 is 2.75 bits per heavy atom. The van der Waals surface area contributed by atoms with E-state index < -0.39 is 11.8 Å². The summed E-state index contributed by atoms with van der Waals surface area (Å²) >= 11 is 0. The van der Waals surface area contributed by atoms with Gasteiger partial charge < -0.3 is 25.2 Å². The summed E-state index contributed by atoms with van der Waals surface area (Å²) < 4.78 is 22.4. The van der Waals surface area contributed by atoms with E-state index in [-0.39, 0.29) is 23.7 Å². The van der Waals surface area contributed by atoms with E-state index in [0.717, 1.165) is 54.0 Å². The van der Waals surface area contributed by atoms with Crippen molar-refractivity contribution in [3.63, 3.8) is 0 Å². The number of hydrogen-bond donors (Lipinski definition) is 3. The summed E-state index contributed by atoms with van der Waals surface area (Å²) in [6.45, 7) is 5.18. The molecule has 6 N–H and O–H groups in total. The number of hydrogen-bond acceptors (Lipinski definition) is 8. The second-order valence-electron chi connectivity index (χ2n) is 10.8. The largest absolute Gasteiger partial charge is 0.478 e. The fraction of sp³-hybridized carbons (Fsp3) is 0.312. The van der Waals surface area contributed by atoms with Gasteiger partial charge in [0.05, 0.1) is 41.3 Å². The molecule has 0 aliphatic carbocycles. The Morgan fingerprint density at radius 2 is 2.07 bits per heavy atom. The van der Waals surface area contributed by atoms with Gasteiger partial charge in [0, 0.05) is 23.9 Å². The van der Waals surface area contributed by atoms with E-state index in [2.05, 4.69) is 15.6 Å². The van der Waals surface area contributed by atoms with Gasteiger partial charge in [-0.15, -0.1) is 0 Å². The summed E-state index contributed by atoms with van der Waals surface area (Å²) in [4.78, 5) is 23.4. The van der Waals surface area contributed by atoms with Gasteiger partial charge in [0.1, 0.15) is 30.1 Å². The van der Waals surface area contributed by atoms with Gasteiger partial charge in [0.15, 0.2) is 0 Å². The molecule has 2 aromatic carbocycles. The predicted octanol–water partition coefficient (Wildman–Crippen LogP) is 3.38. The van der Waals surface area contributed by atoms with Crippen LogP contribution in [0.3, 0.4) is 0 Å². The second-order valence-corrected chi connectivity index (χ2v) is 10.8. The molecule has 11 nitrogen and oxygen atoms in total. The molecule has 0 spiro atoms. The summed E-state index contributed by atoms with van der Waals surface area (Å²) in [5.74, 6) is 6.25. The number of fused-ring (bicyclic) bond motifs is 1. The van der Waals surface area contributed by atoms with E-state index in [4.69, 9.17) is 20.8 Å². The van der Waals surface area contributed by atoms with Crippen molar-refractivity contribution in [3.05, 3.63) is 101 Å². The number of halogens is 1. The van der Waals surface area contributed by atoms with Gasteiger partial charge in [-0.3, -0.25) is 4.90 Å². The van der Waals surface area contributed by atoms with Gasteiger partial charge in [-0.25, -0.2) is 25.0 Å². The Labute approximate surface area is 254 Å². The highest BCUT2D eigenvalue weighted by atomic mass is 19.1. The van der Waals surface area contributed by atoms with Crippen LogP contribution < -0.4 is 16.3 Å². The normalized spacial score (nSPS) is 14.5. The molecule has 0 bridgehead atoms. The number of aromatic nitrogens is 3. The number of nitrogens with two attached hydrogens (primary N) is 1. The summed E-state index contributed by atoms with van der Waals surface area (Å²) in [5.41, 5.74) is 7.99. The Morgan fingerprint density at radius 1 is 1.27 bits per heavy atom. The number of piperidine rings is 1. The average Bonchev–Trinajstić information content (AvgIpc) is 3.38. The number of nitriles is 1. The Kier molecular flexibility index (Phi) is 9.50. The second kappa shape index (κ2) is 13.6. The Balaban J connectivity index is 1.30. The third-order valence-corrected chi connectivity index (χ3v) is 8.08. The topological polar surface area (TPSA) is 161 Å². The van der Waals surface area contributed by atoms with E-state index >= 15 is 0 Å². The maximum atomic E-state index is 14.4. The summed E-state index contributed by atoms with van der Waals surface area (Å²) in [6.07, 6.45) is 5.12. The maximum Gasteiger partial charge on any atom is 0.335 e. The van der Waals surface area contributed by atoms with Gasteiger partial charge >= 0.3 is 5.97 Å². The molecule has 2 aromatic heterocycles. The average molecular weight is 600 g/mol. The number of carbonyl (C=O) groups is 1. The van der Waals surface area contributed by atoms with Gasteiger partial charge in [-0.05, 0) is 75.2 Å². The van der Waals surface area contributed by atoms with Gasteiger partial charge in [-0.2, -0.15) is 5.26 Å². The fourth-order valence-corrected chi connectivity index (χ4v) is 5.56. The van der Waals surface area contributed by atoms with Crippen molar-refractivity contribution >= 4 is 17.0 Å². The van der Waals surface area contributed by atoms with Gasteiger partial charge in [0.25, 0.3) is 0 Å². The smallest absolute Gasteiger partial charge is 0.335 e. The third-order valence-electron chi connectivity index (χ3n) is 8.08. The number of likely N-dealkylation sites (tertiary alicyclic amines) is 1. The molecular formula is C32H36FN8O3+. The minimum absolute atomic E-state index is 0.0161. The fourth-order valence-electron chi connectivity index (χ4n) is 5.56. The van der Waals surface area contributed by atoms with E-state index in [9.17, 15) is 14.3 Å². The molecule has 0 atom stereocenters. The first kappa shape index (κ1) is 30.6. The molecule has 0 unspecified atom stereocenters. The number of nitrogens with zero attached hydrogens (tertiary/aromatic N) is 6. The Hall–Kier alpha value is -4.83. The minimum atomic E-state index is -0.994. The van der Waals surface area contributed by atoms with Crippen molar-refractivity contribution in [2.24, 2.45) is 5.84 Å². The molecule has 4 aromatic rings. The number of quaternary nitrogens is 1. The highest BCUT2D eigenvalue weighted by Crippen LogP contribution is 2.34. The number of aromatic carboxylic acids is 1. The molecule has 12 heteroatoms. The maximum absolute atomic E-state index is 14.4. The van der Waals surface area contributed by atoms with E-state index in [0.29, 0.717) is 31.1 Å². The molecule has 1 saturated heterocycles. The van der Waals surface area contributed by atoms with Crippen LogP contribution in [0.2, 0.25) is 0 Å². The number of carboxylic acids is 1. The quantitative estimate of drug-likeness (QED) is 0.173. The number of allylic oxidation sites excluding steroid dienone is 1. The lowest BCUT2D eigenvalue weighted by molar-refractivity contribution is -0.278. The number of imidazole rings is 1. The van der Waals surface area contributed by atoms with E-state index in [1.165, 1.54) is 6.07 Å². The standard InChI is InChI=1S/C32H35FN8O3/c1-2-41(36)25(17-35)18-40-29-15-23(32(42)43)7-8-28(29)38-30(40)19-39-12-9-22(10-13-39)26-4-3-11-37-31(26)44-20-24-6-5-21(16-34)14-27(24)33/h3-8,11,14-15,17,22H,2,9-10,12-13,18-20,35-36H2,1H3,(H,42,43)/p+1/b25-17-. The van der Waals surface area contributed by atoms with E-state index in [1.54, 1.807) is 47.7 Å². The first-order valence-electron chi connectivity index (χ1n) is 14.5. The monoisotopic (exact) mass is 599 g/mol. The van der Waals surface area contributed by atoms with Crippen molar-refractivity contribution in [3.8, 4) is 11.9 Å². The molecular weight excluding hydrogens is 563 g/mol. The number of carboxylic acid groups (broad SMARTS) is 1. The number of benzene rings is 2. The molecule has 1 fully saturated rings. The van der Waals surface area contributed by atoms with Crippen LogP contribution in [0.5, 0.6) is 5.88 Å². The third kappa shape index (κ3) is 6.70. The molecule has 0 amide bonds. The Bertz CT molecular complexity index is 1720. The SMILES string of the molecule is CCN(N)/C(=C\[NH3+])Cn1c(CN2CCC(c3cccnc3OCc3ccc(C#N)cc3F)CC2)nc2ccc(C(=O)O)cc21. The zero-order valence-corrected chi connectivity index (χ0v) is 24.6. The first-order chi connectivity index (χ1) is 21.3. The lowest BCUT2D eigenvalue weighted by Gasteiger charge is -2.32. The van der Waals surface area contributed by atoms with Crippen molar-refractivity contribution in [1.29, 1.82) is 5.26 Å². The van der Waals surface area contributed by atoms with Crippen LogP contribution in [0.15, 0.2) is 66.6 Å². The van der Waals surface area contributed by atoms with Crippen LogP contribution >= 0.6 is 0 Å². The molecule has 3 heterocycles. The van der Waals surface area contributed by atoms with Crippen molar-refractivity contribution in [1.82, 2.24) is 24.4 Å². The molecule has 1 aliphatic rings. The van der Waals surface area contributed by atoms with Crippen molar-refractivity contribution in [2.45, 2.75) is 45.4 Å². The van der Waals surface area contributed by atoms with Crippen LogP contribution in [-0.2, 0) is 19.7 Å². The first-order valence-corrected chi connectivity index (χ1v) is 14.5. The van der Waals surface area contributed by atoms with Gasteiger partial charge in [0.2, 0.25) is 5.88 Å². The van der Waals surface area contributed by atoms with Crippen LogP contribution in [0, 0.1) is 17.1 Å². The molecule has 5 rings (SSSR count). The number of ether oxygens (including phenoxy) is 1. The minimum Gasteiger partial charge on any atom is -0.478 e. The summed E-state index contributed by atoms with van der Waals surface area (Å²) in [6, 6.07) is 15.1. The summed E-state index contributed by atoms with van der Waals surface area (Å²) in [7, 11) is 0. The number of likely N-dealkylation sites (N-methyl/N-ethyl adjacent to an activating group) is 1.